The van der Waals surface area contributed by atoms with Crippen molar-refractivity contribution in [3.05, 3.63) is 30.1 Å². The van der Waals surface area contributed by atoms with Gasteiger partial charge >= 0.3 is 0 Å². The summed E-state index contributed by atoms with van der Waals surface area (Å²) in [6.45, 7) is 4.16. The van der Waals surface area contributed by atoms with Crippen molar-refractivity contribution in [3.63, 3.8) is 0 Å². The Labute approximate surface area is 130 Å². The van der Waals surface area contributed by atoms with Crippen LogP contribution in [0.5, 0.6) is 0 Å². The summed E-state index contributed by atoms with van der Waals surface area (Å²) < 4.78 is 39.7. The number of likely N-dealkylation sites (tertiary alicyclic amines) is 1. The van der Waals surface area contributed by atoms with Crippen LogP contribution < -0.4 is 4.72 Å². The number of carbonyl (C=O) groups excluding carboxylic acids is 1. The lowest BCUT2D eigenvalue weighted by Crippen LogP contribution is -2.51. The highest BCUT2D eigenvalue weighted by Crippen LogP contribution is 2.18. The number of sulfonamides is 1. The van der Waals surface area contributed by atoms with Gasteiger partial charge in [-0.05, 0) is 57.4 Å². The maximum Gasteiger partial charge on any atom is 0.241 e. The predicted molar refractivity (Wildman–Crippen MR) is 81.2 cm³/mol. The molecule has 0 bridgehead atoms. The molecule has 1 fully saturated rings. The van der Waals surface area contributed by atoms with Crippen molar-refractivity contribution in [1.29, 1.82) is 0 Å². The smallest absolute Gasteiger partial charge is 0.241 e. The summed E-state index contributed by atoms with van der Waals surface area (Å²) in [5.74, 6) is -0.733. The second kappa shape index (κ2) is 6.75. The van der Waals surface area contributed by atoms with Crippen LogP contribution >= 0.6 is 0 Å². The third-order valence-electron chi connectivity index (χ3n) is 3.91. The summed E-state index contributed by atoms with van der Waals surface area (Å²) in [7, 11) is -3.84. The Morgan fingerprint density at radius 1 is 1.32 bits per heavy atom. The summed E-state index contributed by atoms with van der Waals surface area (Å²) in [4.78, 5) is 14.1. The van der Waals surface area contributed by atoms with Crippen molar-refractivity contribution in [1.82, 2.24) is 9.62 Å². The van der Waals surface area contributed by atoms with Crippen molar-refractivity contribution in [2.45, 2.75) is 50.1 Å². The standard InChI is InChI=1S/C15H21FN2O3S/c1-11-5-3-4-10-18(11)15(19)12(2)17-22(20,21)14-8-6-13(16)7-9-14/h6-9,11-12,17H,3-5,10H2,1-2H3. The van der Waals surface area contributed by atoms with Gasteiger partial charge in [-0.15, -0.1) is 0 Å². The first-order valence-electron chi connectivity index (χ1n) is 7.39. The molecule has 2 rings (SSSR count). The Kier molecular flexibility index (Phi) is 5.18. The van der Waals surface area contributed by atoms with E-state index in [0.29, 0.717) is 6.54 Å². The highest BCUT2D eigenvalue weighted by molar-refractivity contribution is 7.89. The minimum atomic E-state index is -3.84. The molecular formula is C15H21FN2O3S. The van der Waals surface area contributed by atoms with Crippen molar-refractivity contribution in [2.24, 2.45) is 0 Å². The number of nitrogens with zero attached hydrogens (tertiary/aromatic N) is 1. The van der Waals surface area contributed by atoms with Crippen LogP contribution in [0.15, 0.2) is 29.2 Å². The Morgan fingerprint density at radius 3 is 2.55 bits per heavy atom. The molecule has 0 saturated carbocycles. The lowest BCUT2D eigenvalue weighted by molar-refractivity contribution is -0.135. The number of amides is 1. The van der Waals surface area contributed by atoms with Gasteiger partial charge in [0.05, 0.1) is 10.9 Å². The Bertz CT molecular complexity index is 631. The monoisotopic (exact) mass is 328 g/mol. The molecule has 2 atom stereocenters. The van der Waals surface area contributed by atoms with E-state index in [1.54, 1.807) is 4.90 Å². The van der Waals surface area contributed by atoms with Crippen LogP contribution in [0.2, 0.25) is 0 Å². The second-order valence-electron chi connectivity index (χ2n) is 5.67. The minimum absolute atomic E-state index is 0.0553. The maximum absolute atomic E-state index is 12.9. The average Bonchev–Trinajstić information content (AvgIpc) is 2.47. The SMILES string of the molecule is CC(NS(=O)(=O)c1ccc(F)cc1)C(=O)N1CCCCC1C. The van der Waals surface area contributed by atoms with Crippen LogP contribution in [0.25, 0.3) is 0 Å². The maximum atomic E-state index is 12.9. The summed E-state index contributed by atoms with van der Waals surface area (Å²) in [5, 5.41) is 0. The van der Waals surface area contributed by atoms with E-state index in [2.05, 4.69) is 4.72 Å². The van der Waals surface area contributed by atoms with Crippen LogP contribution in [0.4, 0.5) is 4.39 Å². The zero-order valence-electron chi connectivity index (χ0n) is 12.8. The molecule has 0 aliphatic carbocycles. The van der Waals surface area contributed by atoms with E-state index in [1.807, 2.05) is 6.92 Å². The molecule has 0 radical (unpaired) electrons. The van der Waals surface area contributed by atoms with Gasteiger partial charge in [0, 0.05) is 12.6 Å². The molecule has 2 unspecified atom stereocenters. The molecule has 1 aliphatic heterocycles. The zero-order chi connectivity index (χ0) is 16.3. The third kappa shape index (κ3) is 3.84. The van der Waals surface area contributed by atoms with Crippen molar-refractivity contribution in [3.8, 4) is 0 Å². The molecule has 1 saturated heterocycles. The van der Waals surface area contributed by atoms with Crippen molar-refractivity contribution in [2.75, 3.05) is 6.54 Å². The minimum Gasteiger partial charge on any atom is -0.339 e. The van der Waals surface area contributed by atoms with Crippen LogP contribution in [-0.4, -0.2) is 37.9 Å². The first kappa shape index (κ1) is 16.9. The Balaban J connectivity index is 2.08. The number of benzene rings is 1. The topological polar surface area (TPSA) is 66.5 Å². The summed E-state index contributed by atoms with van der Waals surface area (Å²) >= 11 is 0. The van der Waals surface area contributed by atoms with Crippen molar-refractivity contribution < 1.29 is 17.6 Å². The number of rotatable bonds is 4. The van der Waals surface area contributed by atoms with E-state index in [-0.39, 0.29) is 16.8 Å². The number of nitrogens with one attached hydrogen (secondary N) is 1. The van der Waals surface area contributed by atoms with E-state index in [1.165, 1.54) is 19.1 Å². The predicted octanol–water partition coefficient (Wildman–Crippen LogP) is 1.89. The molecule has 122 valence electrons. The van der Waals surface area contributed by atoms with Gasteiger partial charge < -0.3 is 4.90 Å². The molecule has 1 N–H and O–H groups in total. The van der Waals surface area contributed by atoms with E-state index in [4.69, 9.17) is 0 Å². The molecule has 0 aromatic heterocycles. The zero-order valence-corrected chi connectivity index (χ0v) is 13.6. The van der Waals surface area contributed by atoms with Crippen LogP contribution in [0, 0.1) is 5.82 Å². The third-order valence-corrected chi connectivity index (χ3v) is 5.47. The van der Waals surface area contributed by atoms with Gasteiger partial charge in [-0.3, -0.25) is 4.79 Å². The first-order chi connectivity index (χ1) is 10.3. The largest absolute Gasteiger partial charge is 0.339 e. The molecule has 1 aromatic carbocycles. The number of hydrogen-bond acceptors (Lipinski definition) is 3. The van der Waals surface area contributed by atoms with Gasteiger partial charge in [-0.1, -0.05) is 0 Å². The van der Waals surface area contributed by atoms with Gasteiger partial charge in [0.15, 0.2) is 0 Å². The lowest BCUT2D eigenvalue weighted by atomic mass is 10.0. The quantitative estimate of drug-likeness (QED) is 0.918. The van der Waals surface area contributed by atoms with Gasteiger partial charge in [0.2, 0.25) is 15.9 Å². The molecule has 1 amide bonds. The highest BCUT2D eigenvalue weighted by atomic mass is 32.2. The van der Waals surface area contributed by atoms with Gasteiger partial charge in [-0.25, -0.2) is 12.8 Å². The van der Waals surface area contributed by atoms with E-state index in [0.717, 1.165) is 31.4 Å². The molecule has 7 heteroatoms. The summed E-state index contributed by atoms with van der Waals surface area (Å²) in [5.41, 5.74) is 0. The Hall–Kier alpha value is -1.47. The second-order valence-corrected chi connectivity index (χ2v) is 7.39. The molecule has 0 spiro atoms. The summed E-state index contributed by atoms with van der Waals surface area (Å²) in [6, 6.07) is 3.78. The normalized spacial score (nSPS) is 20.7. The van der Waals surface area contributed by atoms with Crippen LogP contribution in [0.1, 0.15) is 33.1 Å². The van der Waals surface area contributed by atoms with Crippen LogP contribution in [-0.2, 0) is 14.8 Å². The molecule has 1 aromatic rings. The van der Waals surface area contributed by atoms with E-state index in [9.17, 15) is 17.6 Å². The van der Waals surface area contributed by atoms with Crippen molar-refractivity contribution >= 4 is 15.9 Å². The number of piperidine rings is 1. The van der Waals surface area contributed by atoms with Gasteiger partial charge in [0.25, 0.3) is 0 Å². The lowest BCUT2D eigenvalue weighted by Gasteiger charge is -2.35. The fraction of sp³-hybridized carbons (Fsp3) is 0.533. The fourth-order valence-electron chi connectivity index (χ4n) is 2.64. The molecule has 22 heavy (non-hydrogen) atoms. The number of carbonyl (C=O) groups is 1. The van der Waals surface area contributed by atoms with Gasteiger partial charge in [-0.2, -0.15) is 4.72 Å². The highest BCUT2D eigenvalue weighted by Gasteiger charge is 2.29. The van der Waals surface area contributed by atoms with Gasteiger partial charge in [0.1, 0.15) is 5.82 Å². The first-order valence-corrected chi connectivity index (χ1v) is 8.88. The fourth-order valence-corrected chi connectivity index (χ4v) is 3.84. The van der Waals surface area contributed by atoms with E-state index < -0.39 is 21.9 Å². The van der Waals surface area contributed by atoms with E-state index >= 15 is 0 Å². The molecule has 1 aliphatic rings. The number of halogens is 1. The summed E-state index contributed by atoms with van der Waals surface area (Å²) in [6.07, 6.45) is 2.96. The van der Waals surface area contributed by atoms with Crippen LogP contribution in [0.3, 0.4) is 0 Å². The molecular weight excluding hydrogens is 307 g/mol. The average molecular weight is 328 g/mol. The molecule has 5 nitrogen and oxygen atoms in total. The Morgan fingerprint density at radius 2 is 1.95 bits per heavy atom. The number of hydrogen-bond donors (Lipinski definition) is 1. The molecule has 1 heterocycles.